The Labute approximate surface area is 97.5 Å². The van der Waals surface area contributed by atoms with Gasteiger partial charge in [0.15, 0.2) is 0 Å². The molecule has 16 heavy (non-hydrogen) atoms. The molecule has 1 aromatic rings. The van der Waals surface area contributed by atoms with Crippen molar-refractivity contribution >= 4 is 0 Å². The van der Waals surface area contributed by atoms with Crippen molar-refractivity contribution in [1.82, 2.24) is 10.2 Å². The van der Waals surface area contributed by atoms with Gasteiger partial charge >= 0.3 is 0 Å². The van der Waals surface area contributed by atoms with E-state index in [1.165, 1.54) is 6.07 Å². The molecule has 0 spiro atoms. The van der Waals surface area contributed by atoms with Crippen molar-refractivity contribution in [3.63, 3.8) is 0 Å². The highest BCUT2D eigenvalue weighted by molar-refractivity contribution is 5.17. The highest BCUT2D eigenvalue weighted by Crippen LogP contribution is 2.09. The fourth-order valence-corrected chi connectivity index (χ4v) is 1.67. The first-order valence-corrected chi connectivity index (χ1v) is 5.72. The van der Waals surface area contributed by atoms with Gasteiger partial charge in [0, 0.05) is 19.1 Å². The molecule has 1 aromatic carbocycles. The van der Waals surface area contributed by atoms with Crippen molar-refractivity contribution < 1.29 is 4.39 Å². The van der Waals surface area contributed by atoms with Gasteiger partial charge in [-0.3, -0.25) is 0 Å². The van der Waals surface area contributed by atoms with Gasteiger partial charge in [0.2, 0.25) is 0 Å². The molecule has 0 fully saturated rings. The fraction of sp³-hybridized carbons (Fsp3) is 0.538. The average molecular weight is 224 g/mol. The summed E-state index contributed by atoms with van der Waals surface area (Å²) in [4.78, 5) is 2.28. The van der Waals surface area contributed by atoms with Gasteiger partial charge in [0.1, 0.15) is 5.82 Å². The van der Waals surface area contributed by atoms with Crippen molar-refractivity contribution in [2.24, 2.45) is 0 Å². The summed E-state index contributed by atoms with van der Waals surface area (Å²) in [5.74, 6) is -0.150. The number of halogens is 1. The largest absolute Gasteiger partial charge is 0.318 e. The quantitative estimate of drug-likeness (QED) is 0.794. The number of hydrogen-bond donors (Lipinski definition) is 1. The van der Waals surface area contributed by atoms with E-state index in [1.54, 1.807) is 12.1 Å². The predicted octanol–water partition coefficient (Wildman–Crippen LogP) is 1.91. The summed E-state index contributed by atoms with van der Waals surface area (Å²) in [6, 6.07) is 7.27. The van der Waals surface area contributed by atoms with Crippen molar-refractivity contribution in [1.29, 1.82) is 0 Å². The minimum atomic E-state index is -0.150. The molecule has 0 radical (unpaired) electrons. The summed E-state index contributed by atoms with van der Waals surface area (Å²) in [6.07, 6.45) is 0.887. The zero-order valence-electron chi connectivity index (χ0n) is 10.3. The van der Waals surface area contributed by atoms with Gasteiger partial charge in [0.05, 0.1) is 0 Å². The van der Waals surface area contributed by atoms with Crippen LogP contribution in [0.15, 0.2) is 24.3 Å². The Balaban J connectivity index is 2.47. The molecule has 0 aliphatic carbocycles. The lowest BCUT2D eigenvalue weighted by molar-refractivity contribution is 0.258. The monoisotopic (exact) mass is 224 g/mol. The normalized spacial score (nSPS) is 13.1. The van der Waals surface area contributed by atoms with E-state index in [1.807, 2.05) is 13.1 Å². The summed E-state index contributed by atoms with van der Waals surface area (Å²) in [5, 5.41) is 3.12. The van der Waals surface area contributed by atoms with Gasteiger partial charge in [0.25, 0.3) is 0 Å². The van der Waals surface area contributed by atoms with Crippen LogP contribution in [0.2, 0.25) is 0 Å². The van der Waals surface area contributed by atoms with Crippen molar-refractivity contribution in [3.8, 4) is 0 Å². The van der Waals surface area contributed by atoms with Gasteiger partial charge in [-0.05, 0) is 45.1 Å². The molecular weight excluding hydrogens is 203 g/mol. The summed E-state index contributed by atoms with van der Waals surface area (Å²) in [7, 11) is 4.05. The fourth-order valence-electron chi connectivity index (χ4n) is 1.67. The molecule has 0 heterocycles. The van der Waals surface area contributed by atoms with Gasteiger partial charge in [-0.25, -0.2) is 4.39 Å². The molecule has 0 aromatic heterocycles. The third-order valence-electron chi connectivity index (χ3n) is 2.89. The molecule has 0 bridgehead atoms. The molecule has 1 rings (SSSR count). The van der Waals surface area contributed by atoms with Crippen LogP contribution in [0, 0.1) is 5.82 Å². The van der Waals surface area contributed by atoms with E-state index in [4.69, 9.17) is 0 Å². The zero-order valence-corrected chi connectivity index (χ0v) is 10.3. The van der Waals surface area contributed by atoms with E-state index >= 15 is 0 Å². The maximum Gasteiger partial charge on any atom is 0.123 e. The van der Waals surface area contributed by atoms with Crippen LogP contribution < -0.4 is 5.32 Å². The van der Waals surface area contributed by atoms with Crippen LogP contribution in [0.25, 0.3) is 0 Å². The maximum atomic E-state index is 13.0. The summed E-state index contributed by atoms with van der Waals surface area (Å²) < 4.78 is 13.0. The molecular formula is C13H21FN2. The Morgan fingerprint density at radius 2 is 2.19 bits per heavy atom. The van der Waals surface area contributed by atoms with E-state index in [9.17, 15) is 4.39 Å². The smallest absolute Gasteiger partial charge is 0.123 e. The molecule has 0 aliphatic heterocycles. The third kappa shape index (κ3) is 4.29. The van der Waals surface area contributed by atoms with Crippen LogP contribution in [-0.4, -0.2) is 38.1 Å². The lowest BCUT2D eigenvalue weighted by atomic mass is 10.1. The number of benzene rings is 1. The summed E-state index contributed by atoms with van der Waals surface area (Å²) >= 11 is 0. The van der Waals surface area contributed by atoms with Crippen LogP contribution in [0.3, 0.4) is 0 Å². The van der Waals surface area contributed by atoms with Crippen molar-refractivity contribution in [2.75, 3.05) is 27.2 Å². The average Bonchev–Trinajstić information content (AvgIpc) is 2.25. The number of hydrogen-bond acceptors (Lipinski definition) is 2. The van der Waals surface area contributed by atoms with Crippen LogP contribution in [-0.2, 0) is 6.42 Å². The van der Waals surface area contributed by atoms with E-state index < -0.39 is 0 Å². The zero-order chi connectivity index (χ0) is 12.0. The van der Waals surface area contributed by atoms with E-state index in [0.29, 0.717) is 6.04 Å². The van der Waals surface area contributed by atoms with Crippen molar-refractivity contribution in [2.45, 2.75) is 19.4 Å². The van der Waals surface area contributed by atoms with E-state index in [0.717, 1.165) is 25.1 Å². The van der Waals surface area contributed by atoms with Crippen molar-refractivity contribution in [3.05, 3.63) is 35.6 Å². The second-order valence-corrected chi connectivity index (χ2v) is 4.27. The minimum absolute atomic E-state index is 0.150. The maximum absolute atomic E-state index is 13.0. The minimum Gasteiger partial charge on any atom is -0.318 e. The molecule has 1 unspecified atom stereocenters. The van der Waals surface area contributed by atoms with Gasteiger partial charge in [-0.2, -0.15) is 0 Å². The molecule has 1 atom stereocenters. The molecule has 0 aliphatic rings. The third-order valence-corrected chi connectivity index (χ3v) is 2.89. The Bertz CT molecular complexity index is 315. The highest BCUT2D eigenvalue weighted by Gasteiger charge is 2.09. The molecule has 3 heteroatoms. The first kappa shape index (κ1) is 13.1. The molecule has 1 N–H and O–H groups in total. The number of likely N-dealkylation sites (N-methyl/N-ethyl adjacent to an activating group) is 2. The molecule has 0 saturated heterocycles. The number of rotatable bonds is 6. The van der Waals surface area contributed by atoms with Crippen LogP contribution in [0.5, 0.6) is 0 Å². The Kier molecular flexibility index (Phi) is 5.43. The van der Waals surface area contributed by atoms with E-state index in [2.05, 4.69) is 24.2 Å². The Morgan fingerprint density at radius 1 is 1.44 bits per heavy atom. The van der Waals surface area contributed by atoms with Crippen LogP contribution in [0.4, 0.5) is 4.39 Å². The van der Waals surface area contributed by atoms with Crippen LogP contribution in [0.1, 0.15) is 12.5 Å². The first-order chi connectivity index (χ1) is 7.63. The SMILES string of the molecule is CNCCN(C)C(C)Cc1cccc(F)c1. The summed E-state index contributed by atoms with van der Waals surface area (Å²) in [5.41, 5.74) is 1.06. The summed E-state index contributed by atoms with van der Waals surface area (Å²) in [6.45, 7) is 4.15. The Morgan fingerprint density at radius 3 is 2.81 bits per heavy atom. The number of nitrogens with zero attached hydrogens (tertiary/aromatic N) is 1. The predicted molar refractivity (Wildman–Crippen MR) is 66.1 cm³/mol. The first-order valence-electron chi connectivity index (χ1n) is 5.72. The standard InChI is InChI=1S/C13H21FN2/c1-11(16(3)8-7-15-2)9-12-5-4-6-13(14)10-12/h4-6,10-11,15H,7-9H2,1-3H3. The van der Waals surface area contributed by atoms with Crippen LogP contribution >= 0.6 is 0 Å². The molecule has 0 amide bonds. The van der Waals surface area contributed by atoms with E-state index in [-0.39, 0.29) is 5.82 Å². The number of nitrogens with one attached hydrogen (secondary N) is 1. The molecule has 2 nitrogen and oxygen atoms in total. The Hall–Kier alpha value is -0.930. The second kappa shape index (κ2) is 6.61. The lowest BCUT2D eigenvalue weighted by Gasteiger charge is -2.24. The lowest BCUT2D eigenvalue weighted by Crippen LogP contribution is -2.35. The second-order valence-electron chi connectivity index (χ2n) is 4.27. The van der Waals surface area contributed by atoms with Gasteiger partial charge in [-0.1, -0.05) is 12.1 Å². The highest BCUT2D eigenvalue weighted by atomic mass is 19.1. The topological polar surface area (TPSA) is 15.3 Å². The van der Waals surface area contributed by atoms with Gasteiger partial charge in [-0.15, -0.1) is 0 Å². The van der Waals surface area contributed by atoms with Gasteiger partial charge < -0.3 is 10.2 Å². The molecule has 90 valence electrons. The molecule has 0 saturated carbocycles.